The first-order valence-corrected chi connectivity index (χ1v) is 11.0. The number of carbonyl (C=O) groups is 2. The molecule has 0 radical (unpaired) electrons. The Labute approximate surface area is 194 Å². The van der Waals surface area contributed by atoms with Gasteiger partial charge in [0, 0.05) is 30.9 Å². The first kappa shape index (κ1) is 23.3. The highest BCUT2D eigenvalue weighted by atomic mass is 127. The topological polar surface area (TPSA) is 97.3 Å². The number of ether oxygens (including phenoxy) is 1. The number of aryl methyl sites for hydroxylation is 1. The molecule has 1 unspecified atom stereocenters. The molecule has 2 amide bonds. The van der Waals surface area contributed by atoms with E-state index in [0.717, 1.165) is 24.0 Å². The average Bonchev–Trinajstić information content (AvgIpc) is 3.56. The molecule has 2 heterocycles. The highest BCUT2D eigenvalue weighted by Gasteiger charge is 2.30. The van der Waals surface area contributed by atoms with E-state index >= 15 is 0 Å². The summed E-state index contributed by atoms with van der Waals surface area (Å²) in [4.78, 5) is 38.9. The van der Waals surface area contributed by atoms with Gasteiger partial charge in [-0.1, -0.05) is 0 Å². The normalized spacial score (nSPS) is 16.2. The van der Waals surface area contributed by atoms with Crippen LogP contribution in [-0.4, -0.2) is 49.0 Å². The predicted molar refractivity (Wildman–Crippen MR) is 122 cm³/mol. The summed E-state index contributed by atoms with van der Waals surface area (Å²) in [5.74, 6) is 0.0675. The zero-order valence-electron chi connectivity index (χ0n) is 17.9. The van der Waals surface area contributed by atoms with E-state index in [4.69, 9.17) is 4.74 Å². The number of nitrogens with one attached hydrogen (secondary N) is 1. The van der Waals surface area contributed by atoms with Gasteiger partial charge >= 0.3 is 0 Å². The summed E-state index contributed by atoms with van der Waals surface area (Å²) in [6, 6.07) is 3.07. The van der Waals surface area contributed by atoms with Crippen LogP contribution in [0.1, 0.15) is 54.3 Å². The second kappa shape index (κ2) is 9.41. The smallest absolute Gasteiger partial charge is 0.272 e. The second-order valence-corrected chi connectivity index (χ2v) is 10.1. The molecule has 10 heteroatoms. The molecular formula is C21H25FIN5O3. The van der Waals surface area contributed by atoms with Crippen LogP contribution in [0.4, 0.5) is 10.3 Å². The molecule has 1 aliphatic rings. The molecule has 0 bridgehead atoms. The van der Waals surface area contributed by atoms with E-state index in [1.807, 2.05) is 19.9 Å². The summed E-state index contributed by atoms with van der Waals surface area (Å²) in [6.45, 7) is 5.01. The van der Waals surface area contributed by atoms with Crippen molar-refractivity contribution in [2.45, 2.75) is 43.3 Å². The SMILES string of the molecule is Cc1cc(C(C)N(C)C(=O)c2ccnc(NC(=O)C3CC3)n2)cnc1OC[C@](C)(F)I. The summed E-state index contributed by atoms with van der Waals surface area (Å²) < 4.78 is 17.6. The fraction of sp³-hybridized carbons (Fsp3) is 0.476. The van der Waals surface area contributed by atoms with Gasteiger partial charge in [0.15, 0.2) is 3.68 Å². The minimum Gasteiger partial charge on any atom is -0.473 e. The zero-order chi connectivity index (χ0) is 22.8. The van der Waals surface area contributed by atoms with Crippen molar-refractivity contribution in [1.29, 1.82) is 0 Å². The number of halogens is 2. The Hall–Kier alpha value is -2.37. The second-order valence-electron chi connectivity index (χ2n) is 7.87. The molecule has 2 atom stereocenters. The number of pyridine rings is 1. The standard InChI is InChI=1S/C21H25FIN5O3/c1-12-9-15(10-25-18(12)31-11-21(3,22)23)13(2)28(4)19(30)16-7-8-24-20(26-16)27-17(29)14-5-6-14/h7-10,13-14H,5-6,11H2,1-4H3,(H,24,26,27,29)/t13?,21-/m1/s1. The van der Waals surface area contributed by atoms with Crippen LogP contribution in [0.25, 0.3) is 0 Å². The summed E-state index contributed by atoms with van der Waals surface area (Å²) >= 11 is 1.67. The summed E-state index contributed by atoms with van der Waals surface area (Å²) in [6.07, 6.45) is 4.80. The molecular weight excluding hydrogens is 516 g/mol. The third-order valence-electron chi connectivity index (χ3n) is 4.96. The van der Waals surface area contributed by atoms with Gasteiger partial charge in [-0.3, -0.25) is 14.9 Å². The molecule has 8 nitrogen and oxygen atoms in total. The fourth-order valence-corrected chi connectivity index (χ4v) is 2.99. The van der Waals surface area contributed by atoms with Gasteiger partial charge in [0.05, 0.1) is 6.04 Å². The lowest BCUT2D eigenvalue weighted by atomic mass is 10.1. The van der Waals surface area contributed by atoms with Gasteiger partial charge < -0.3 is 9.64 Å². The Morgan fingerprint density at radius 2 is 2.13 bits per heavy atom. The number of carbonyl (C=O) groups excluding carboxylic acids is 2. The van der Waals surface area contributed by atoms with Gasteiger partial charge in [-0.05, 0) is 73.9 Å². The zero-order valence-corrected chi connectivity index (χ0v) is 20.0. The van der Waals surface area contributed by atoms with E-state index in [1.165, 1.54) is 24.1 Å². The highest BCUT2D eigenvalue weighted by Crippen LogP contribution is 2.30. The summed E-state index contributed by atoms with van der Waals surface area (Å²) in [5, 5.41) is 2.65. The van der Waals surface area contributed by atoms with E-state index in [9.17, 15) is 14.0 Å². The molecule has 0 aromatic carbocycles. The van der Waals surface area contributed by atoms with Crippen LogP contribution in [-0.2, 0) is 4.79 Å². The number of hydrogen-bond donors (Lipinski definition) is 1. The number of amides is 2. The lowest BCUT2D eigenvalue weighted by Crippen LogP contribution is -2.31. The van der Waals surface area contributed by atoms with Gasteiger partial charge in [0.2, 0.25) is 17.7 Å². The molecule has 166 valence electrons. The van der Waals surface area contributed by atoms with Gasteiger partial charge in [-0.15, -0.1) is 0 Å². The first-order valence-electron chi connectivity index (χ1n) is 9.93. The van der Waals surface area contributed by atoms with Crippen molar-refractivity contribution in [2.24, 2.45) is 5.92 Å². The number of alkyl halides is 2. The van der Waals surface area contributed by atoms with Gasteiger partial charge in [-0.25, -0.2) is 19.3 Å². The molecule has 2 aromatic heterocycles. The van der Waals surface area contributed by atoms with Crippen LogP contribution >= 0.6 is 22.6 Å². The molecule has 1 N–H and O–H groups in total. The quantitative estimate of drug-likeness (QED) is 0.403. The number of aromatic nitrogens is 3. The molecule has 1 fully saturated rings. The minimum atomic E-state index is -1.49. The Morgan fingerprint density at radius 3 is 2.74 bits per heavy atom. The Morgan fingerprint density at radius 1 is 1.42 bits per heavy atom. The van der Waals surface area contributed by atoms with Gasteiger partial charge in [-0.2, -0.15) is 0 Å². The Bertz CT molecular complexity index is 978. The third-order valence-corrected chi connectivity index (χ3v) is 5.27. The Balaban J connectivity index is 1.69. The lowest BCUT2D eigenvalue weighted by Gasteiger charge is -2.25. The largest absolute Gasteiger partial charge is 0.473 e. The summed E-state index contributed by atoms with van der Waals surface area (Å²) in [7, 11) is 1.67. The third kappa shape index (κ3) is 6.31. The van der Waals surface area contributed by atoms with E-state index in [0.29, 0.717) is 5.88 Å². The van der Waals surface area contributed by atoms with Crippen molar-refractivity contribution in [3.63, 3.8) is 0 Å². The Kier molecular flexibility index (Phi) is 7.07. The molecule has 0 saturated heterocycles. The van der Waals surface area contributed by atoms with Gasteiger partial charge in [0.25, 0.3) is 5.91 Å². The van der Waals surface area contributed by atoms with Crippen LogP contribution in [0.5, 0.6) is 5.88 Å². The van der Waals surface area contributed by atoms with Crippen LogP contribution in [0.15, 0.2) is 24.5 Å². The van der Waals surface area contributed by atoms with Crippen molar-refractivity contribution < 1.29 is 18.7 Å². The van der Waals surface area contributed by atoms with Crippen molar-refractivity contribution in [3.05, 3.63) is 41.3 Å². The van der Waals surface area contributed by atoms with Crippen LogP contribution in [0.3, 0.4) is 0 Å². The van der Waals surface area contributed by atoms with Crippen molar-refractivity contribution >= 4 is 40.4 Å². The van der Waals surface area contributed by atoms with Crippen molar-refractivity contribution in [3.8, 4) is 5.88 Å². The maximum Gasteiger partial charge on any atom is 0.272 e. The van der Waals surface area contributed by atoms with Crippen molar-refractivity contribution in [1.82, 2.24) is 19.9 Å². The van der Waals surface area contributed by atoms with E-state index in [1.54, 1.807) is 35.8 Å². The fourth-order valence-electron chi connectivity index (χ4n) is 2.83. The highest BCUT2D eigenvalue weighted by molar-refractivity contribution is 14.1. The average molecular weight is 541 g/mol. The molecule has 1 saturated carbocycles. The predicted octanol–water partition coefficient (Wildman–Crippen LogP) is 3.86. The monoisotopic (exact) mass is 541 g/mol. The number of nitrogens with zero attached hydrogens (tertiary/aromatic N) is 4. The van der Waals surface area contributed by atoms with Crippen molar-refractivity contribution in [2.75, 3.05) is 19.0 Å². The van der Waals surface area contributed by atoms with E-state index < -0.39 is 3.68 Å². The number of rotatable bonds is 8. The van der Waals surface area contributed by atoms with Crippen LogP contribution in [0, 0.1) is 12.8 Å². The summed E-state index contributed by atoms with van der Waals surface area (Å²) in [5.41, 5.74) is 1.73. The van der Waals surface area contributed by atoms with E-state index in [2.05, 4.69) is 20.3 Å². The lowest BCUT2D eigenvalue weighted by molar-refractivity contribution is -0.117. The number of anilines is 1. The first-order chi connectivity index (χ1) is 14.5. The van der Waals surface area contributed by atoms with Gasteiger partial charge in [0.1, 0.15) is 12.3 Å². The van der Waals surface area contributed by atoms with E-state index in [-0.39, 0.29) is 42.0 Å². The maximum atomic E-state index is 13.7. The molecule has 0 aliphatic heterocycles. The molecule has 0 spiro atoms. The van der Waals surface area contributed by atoms with Crippen LogP contribution in [0.2, 0.25) is 0 Å². The van der Waals surface area contributed by atoms with Crippen LogP contribution < -0.4 is 10.1 Å². The number of hydrogen-bond acceptors (Lipinski definition) is 6. The molecule has 3 rings (SSSR count). The minimum absolute atomic E-state index is 0.0175. The molecule has 1 aliphatic carbocycles. The molecule has 31 heavy (non-hydrogen) atoms. The maximum absolute atomic E-state index is 13.7. The molecule has 2 aromatic rings.